The summed E-state index contributed by atoms with van der Waals surface area (Å²) in [7, 11) is 0. The molecule has 0 radical (unpaired) electrons. The molecule has 0 aliphatic carbocycles. The van der Waals surface area contributed by atoms with E-state index in [1.54, 1.807) is 20.8 Å². The van der Waals surface area contributed by atoms with E-state index in [1.807, 2.05) is 13.8 Å². The highest BCUT2D eigenvalue weighted by Gasteiger charge is 2.43. The fourth-order valence-electron chi connectivity index (χ4n) is 2.12. The number of ether oxygens (including phenoxy) is 1. The lowest BCUT2D eigenvalue weighted by atomic mass is 9.99. The second kappa shape index (κ2) is 5.26. The maximum absolute atomic E-state index is 12.0. The first-order valence-corrected chi connectivity index (χ1v) is 6.42. The number of carbonyl (C=O) groups excluding carboxylic acids is 2. The Labute approximate surface area is 109 Å². The second-order valence-corrected chi connectivity index (χ2v) is 6.31. The van der Waals surface area contributed by atoms with Crippen molar-refractivity contribution in [2.75, 3.05) is 0 Å². The molecule has 0 saturated carbocycles. The zero-order valence-electron chi connectivity index (χ0n) is 11.9. The first-order valence-electron chi connectivity index (χ1n) is 6.42. The van der Waals surface area contributed by atoms with E-state index in [1.165, 1.54) is 4.90 Å². The van der Waals surface area contributed by atoms with Gasteiger partial charge >= 0.3 is 6.09 Å². The van der Waals surface area contributed by atoms with E-state index in [0.717, 1.165) is 0 Å². The predicted molar refractivity (Wildman–Crippen MR) is 68.9 cm³/mol. The van der Waals surface area contributed by atoms with Crippen LogP contribution in [0.2, 0.25) is 0 Å². The van der Waals surface area contributed by atoms with Crippen LogP contribution in [0.3, 0.4) is 0 Å². The first kappa shape index (κ1) is 15.0. The summed E-state index contributed by atoms with van der Waals surface area (Å²) < 4.78 is 5.26. The van der Waals surface area contributed by atoms with E-state index in [0.29, 0.717) is 12.3 Å². The topological polar surface area (TPSA) is 72.6 Å². The molecule has 1 heterocycles. The molecule has 1 rings (SSSR count). The van der Waals surface area contributed by atoms with Crippen LogP contribution in [0.5, 0.6) is 0 Å². The second-order valence-electron chi connectivity index (χ2n) is 6.31. The van der Waals surface area contributed by atoms with Crippen molar-refractivity contribution in [3.8, 4) is 0 Å². The van der Waals surface area contributed by atoms with Crippen LogP contribution in [-0.4, -0.2) is 34.6 Å². The molecule has 0 aromatic heterocycles. The number of hydrogen-bond acceptors (Lipinski definition) is 4. The Balaban J connectivity index is 2.82. The molecule has 0 aromatic carbocycles. The number of imide groups is 1. The summed E-state index contributed by atoms with van der Waals surface area (Å²) in [6.07, 6.45) is 0.356. The summed E-state index contributed by atoms with van der Waals surface area (Å²) in [5.41, 5.74) is 5.33. The van der Waals surface area contributed by atoms with Crippen molar-refractivity contribution in [3.63, 3.8) is 0 Å². The number of likely N-dealkylation sites (tertiary alicyclic amines) is 1. The van der Waals surface area contributed by atoms with Crippen molar-refractivity contribution in [1.29, 1.82) is 0 Å². The quantitative estimate of drug-likeness (QED) is 0.819. The molecule has 1 saturated heterocycles. The van der Waals surface area contributed by atoms with E-state index in [-0.39, 0.29) is 24.4 Å². The van der Waals surface area contributed by atoms with Gasteiger partial charge in [-0.3, -0.25) is 4.79 Å². The molecule has 2 N–H and O–H groups in total. The normalized spacial score (nSPS) is 24.8. The number of amides is 2. The van der Waals surface area contributed by atoms with Gasteiger partial charge in [-0.15, -0.1) is 0 Å². The standard InChI is InChI=1S/C13H24N2O3/c1-8(2)6-10-9(14)7-11(16)15(10)12(17)18-13(3,4)5/h8-10H,6-7,14H2,1-5H3/t9-,10-/m0/s1. The van der Waals surface area contributed by atoms with Gasteiger partial charge in [0, 0.05) is 12.5 Å². The van der Waals surface area contributed by atoms with E-state index in [9.17, 15) is 9.59 Å². The van der Waals surface area contributed by atoms with Gasteiger partial charge in [0.25, 0.3) is 0 Å². The van der Waals surface area contributed by atoms with Crippen LogP contribution in [0, 0.1) is 5.92 Å². The van der Waals surface area contributed by atoms with Gasteiger partial charge in [-0.1, -0.05) is 13.8 Å². The van der Waals surface area contributed by atoms with Gasteiger partial charge < -0.3 is 10.5 Å². The molecular weight excluding hydrogens is 232 g/mol. The van der Waals surface area contributed by atoms with Crippen LogP contribution in [0.15, 0.2) is 0 Å². The summed E-state index contributed by atoms with van der Waals surface area (Å²) in [4.78, 5) is 25.1. The van der Waals surface area contributed by atoms with Crippen LogP contribution in [0.1, 0.15) is 47.5 Å². The van der Waals surface area contributed by atoms with Crippen molar-refractivity contribution in [2.45, 2.75) is 65.1 Å². The highest BCUT2D eigenvalue weighted by atomic mass is 16.6. The summed E-state index contributed by atoms with van der Waals surface area (Å²) in [6.45, 7) is 9.43. The van der Waals surface area contributed by atoms with E-state index >= 15 is 0 Å². The summed E-state index contributed by atoms with van der Waals surface area (Å²) in [5, 5.41) is 0. The van der Waals surface area contributed by atoms with Crippen molar-refractivity contribution < 1.29 is 14.3 Å². The maximum atomic E-state index is 12.0. The van der Waals surface area contributed by atoms with Crippen molar-refractivity contribution >= 4 is 12.0 Å². The van der Waals surface area contributed by atoms with Crippen molar-refractivity contribution in [3.05, 3.63) is 0 Å². The molecule has 5 heteroatoms. The molecule has 1 aliphatic heterocycles. The van der Waals surface area contributed by atoms with E-state index in [4.69, 9.17) is 10.5 Å². The molecule has 5 nitrogen and oxygen atoms in total. The molecule has 0 aromatic rings. The first-order chi connectivity index (χ1) is 8.11. The van der Waals surface area contributed by atoms with Gasteiger partial charge in [0.05, 0.1) is 6.04 Å². The Morgan fingerprint density at radius 1 is 1.50 bits per heavy atom. The lowest BCUT2D eigenvalue weighted by Gasteiger charge is -2.29. The fourth-order valence-corrected chi connectivity index (χ4v) is 2.12. The number of rotatable bonds is 2. The third kappa shape index (κ3) is 3.70. The van der Waals surface area contributed by atoms with Crippen LogP contribution >= 0.6 is 0 Å². The zero-order chi connectivity index (χ0) is 14.1. The lowest BCUT2D eigenvalue weighted by molar-refractivity contribution is -0.128. The number of nitrogens with zero attached hydrogens (tertiary/aromatic N) is 1. The van der Waals surface area contributed by atoms with Gasteiger partial charge in [-0.2, -0.15) is 0 Å². The van der Waals surface area contributed by atoms with Crippen molar-refractivity contribution in [1.82, 2.24) is 4.90 Å². The maximum Gasteiger partial charge on any atom is 0.417 e. The van der Waals surface area contributed by atoms with Gasteiger partial charge in [-0.25, -0.2) is 9.69 Å². The molecule has 1 aliphatic rings. The highest BCUT2D eigenvalue weighted by molar-refractivity contribution is 5.95. The predicted octanol–water partition coefficient (Wildman–Crippen LogP) is 1.90. The zero-order valence-corrected chi connectivity index (χ0v) is 11.9. The van der Waals surface area contributed by atoms with Crippen LogP contribution in [0.4, 0.5) is 4.79 Å². The third-order valence-corrected chi connectivity index (χ3v) is 2.81. The van der Waals surface area contributed by atoms with Gasteiger partial charge in [-0.05, 0) is 33.1 Å². The molecule has 1 fully saturated rings. The number of carbonyl (C=O) groups is 2. The van der Waals surface area contributed by atoms with Crippen LogP contribution in [-0.2, 0) is 9.53 Å². The Morgan fingerprint density at radius 2 is 2.06 bits per heavy atom. The molecule has 0 unspecified atom stereocenters. The Morgan fingerprint density at radius 3 is 2.50 bits per heavy atom. The number of hydrogen-bond donors (Lipinski definition) is 1. The minimum absolute atomic E-state index is 0.219. The van der Waals surface area contributed by atoms with Crippen LogP contribution < -0.4 is 5.73 Å². The van der Waals surface area contributed by atoms with E-state index < -0.39 is 11.7 Å². The molecule has 18 heavy (non-hydrogen) atoms. The summed E-state index contributed by atoms with van der Waals surface area (Å²) in [6, 6.07) is -0.528. The fraction of sp³-hybridized carbons (Fsp3) is 0.846. The average molecular weight is 256 g/mol. The van der Waals surface area contributed by atoms with Gasteiger partial charge in [0.15, 0.2) is 0 Å². The Bertz CT molecular complexity index is 334. The molecule has 0 spiro atoms. The minimum Gasteiger partial charge on any atom is -0.443 e. The molecule has 0 bridgehead atoms. The van der Waals surface area contributed by atoms with Gasteiger partial charge in [0.2, 0.25) is 5.91 Å². The largest absolute Gasteiger partial charge is 0.443 e. The lowest BCUT2D eigenvalue weighted by Crippen LogP contribution is -2.46. The monoisotopic (exact) mass is 256 g/mol. The molecule has 2 atom stereocenters. The van der Waals surface area contributed by atoms with Crippen LogP contribution in [0.25, 0.3) is 0 Å². The molecule has 2 amide bonds. The summed E-state index contributed by atoms with van der Waals surface area (Å²) in [5.74, 6) is 0.138. The number of nitrogens with two attached hydrogens (primary N) is 1. The SMILES string of the molecule is CC(C)C[C@H]1[C@@H](N)CC(=O)N1C(=O)OC(C)(C)C. The van der Waals surface area contributed by atoms with Gasteiger partial charge in [0.1, 0.15) is 5.60 Å². The Kier molecular flexibility index (Phi) is 4.37. The average Bonchev–Trinajstić information content (AvgIpc) is 2.37. The Hall–Kier alpha value is -1.10. The molecular formula is C13H24N2O3. The minimum atomic E-state index is -0.605. The summed E-state index contributed by atoms with van der Waals surface area (Å²) >= 11 is 0. The smallest absolute Gasteiger partial charge is 0.417 e. The molecule has 104 valence electrons. The van der Waals surface area contributed by atoms with E-state index in [2.05, 4.69) is 0 Å². The third-order valence-electron chi connectivity index (χ3n) is 2.81. The van der Waals surface area contributed by atoms with Crippen molar-refractivity contribution in [2.24, 2.45) is 11.7 Å². The highest BCUT2D eigenvalue weighted by Crippen LogP contribution is 2.25.